The van der Waals surface area contributed by atoms with Gasteiger partial charge in [-0.2, -0.15) is 0 Å². The van der Waals surface area contributed by atoms with E-state index >= 15 is 0 Å². The number of ether oxygens (including phenoxy) is 1. The summed E-state index contributed by atoms with van der Waals surface area (Å²) in [6.45, 7) is 2.63. The monoisotopic (exact) mass is 304 g/mol. The summed E-state index contributed by atoms with van der Waals surface area (Å²) in [4.78, 5) is 0. The Hall–Kier alpha value is -1.71. The predicted octanol–water partition coefficient (Wildman–Crippen LogP) is 3.72. The van der Waals surface area contributed by atoms with Crippen molar-refractivity contribution < 1.29 is 4.74 Å². The number of halogens is 1. The Balaban J connectivity index is 2.14. The molecule has 2 rings (SSSR count). The van der Waals surface area contributed by atoms with E-state index in [-0.39, 0.29) is 5.54 Å². The molecule has 2 aromatic rings. The molecule has 3 N–H and O–H groups in total. The van der Waals surface area contributed by atoms with Crippen molar-refractivity contribution in [2.45, 2.75) is 18.9 Å². The molecule has 0 amide bonds. The maximum absolute atomic E-state index is 5.98. The van der Waals surface area contributed by atoms with Crippen molar-refractivity contribution in [2.24, 2.45) is 5.73 Å². The fourth-order valence-corrected chi connectivity index (χ4v) is 2.40. The number of benzene rings is 2. The fraction of sp³-hybridized carbons (Fsp3) is 0.294. The van der Waals surface area contributed by atoms with E-state index in [9.17, 15) is 0 Å². The summed E-state index contributed by atoms with van der Waals surface area (Å²) in [6, 6.07) is 15.7. The van der Waals surface area contributed by atoms with Crippen LogP contribution in [0.15, 0.2) is 48.5 Å². The zero-order chi connectivity index (χ0) is 15.3. The van der Waals surface area contributed by atoms with E-state index in [0.29, 0.717) is 6.54 Å². The molecule has 1 unspecified atom stereocenters. The molecule has 112 valence electrons. The number of rotatable bonds is 6. The van der Waals surface area contributed by atoms with Gasteiger partial charge in [0.1, 0.15) is 5.75 Å². The summed E-state index contributed by atoms with van der Waals surface area (Å²) >= 11 is 5.93. The quantitative estimate of drug-likeness (QED) is 0.855. The molecule has 21 heavy (non-hydrogen) atoms. The summed E-state index contributed by atoms with van der Waals surface area (Å²) in [5, 5.41) is 4.25. The average Bonchev–Trinajstić information content (AvgIpc) is 2.50. The van der Waals surface area contributed by atoms with Crippen molar-refractivity contribution in [1.82, 2.24) is 0 Å². The molecule has 0 aromatic heterocycles. The van der Waals surface area contributed by atoms with Crippen molar-refractivity contribution in [2.75, 3.05) is 19.0 Å². The highest BCUT2D eigenvalue weighted by atomic mass is 35.5. The first kappa shape index (κ1) is 15.7. The first-order valence-electron chi connectivity index (χ1n) is 6.91. The molecule has 0 aliphatic heterocycles. The number of anilines is 1. The fourth-order valence-electron chi connectivity index (χ4n) is 2.27. The summed E-state index contributed by atoms with van der Waals surface area (Å²) in [5.41, 5.74) is 7.94. The summed E-state index contributed by atoms with van der Waals surface area (Å²) < 4.78 is 5.25. The van der Waals surface area contributed by atoms with E-state index in [2.05, 4.69) is 12.2 Å². The van der Waals surface area contributed by atoms with Gasteiger partial charge in [0.25, 0.3) is 0 Å². The van der Waals surface area contributed by atoms with E-state index in [1.54, 1.807) is 7.11 Å². The lowest BCUT2D eigenvalue weighted by atomic mass is 9.92. The Morgan fingerprint density at radius 1 is 1.19 bits per heavy atom. The van der Waals surface area contributed by atoms with Crippen molar-refractivity contribution in [1.29, 1.82) is 0 Å². The summed E-state index contributed by atoms with van der Waals surface area (Å²) in [7, 11) is 1.66. The molecule has 0 radical (unpaired) electrons. The van der Waals surface area contributed by atoms with Crippen LogP contribution in [0, 0.1) is 0 Å². The number of nitrogens with two attached hydrogens (primary N) is 1. The maximum atomic E-state index is 5.98. The second-order valence-electron chi connectivity index (χ2n) is 5.42. The largest absolute Gasteiger partial charge is 0.497 e. The highest BCUT2D eigenvalue weighted by molar-refractivity contribution is 6.30. The first-order chi connectivity index (χ1) is 10.0. The summed E-state index contributed by atoms with van der Waals surface area (Å²) in [5.74, 6) is 0.825. The molecule has 2 aromatic carbocycles. The van der Waals surface area contributed by atoms with E-state index in [4.69, 9.17) is 22.1 Å². The van der Waals surface area contributed by atoms with Gasteiger partial charge >= 0.3 is 0 Å². The van der Waals surface area contributed by atoms with Gasteiger partial charge in [0.15, 0.2) is 0 Å². The third kappa shape index (κ3) is 4.38. The van der Waals surface area contributed by atoms with Crippen molar-refractivity contribution >= 4 is 17.3 Å². The lowest BCUT2D eigenvalue weighted by Crippen LogP contribution is -2.44. The molecule has 0 spiro atoms. The smallest absolute Gasteiger partial charge is 0.120 e. The van der Waals surface area contributed by atoms with E-state index in [0.717, 1.165) is 22.9 Å². The molecule has 0 aliphatic carbocycles. The van der Waals surface area contributed by atoms with Gasteiger partial charge in [-0.1, -0.05) is 29.8 Å². The maximum Gasteiger partial charge on any atom is 0.120 e. The van der Waals surface area contributed by atoms with E-state index < -0.39 is 0 Å². The molecular formula is C17H21ClN2O. The van der Waals surface area contributed by atoms with Crippen LogP contribution in [0.25, 0.3) is 0 Å². The number of hydrogen-bond donors (Lipinski definition) is 2. The first-order valence-corrected chi connectivity index (χ1v) is 7.29. The minimum Gasteiger partial charge on any atom is -0.497 e. The van der Waals surface area contributed by atoms with E-state index in [1.165, 1.54) is 5.56 Å². The Morgan fingerprint density at radius 2 is 1.90 bits per heavy atom. The summed E-state index contributed by atoms with van der Waals surface area (Å²) in [6.07, 6.45) is 0.817. The van der Waals surface area contributed by atoms with Gasteiger partial charge in [0.2, 0.25) is 0 Å². The van der Waals surface area contributed by atoms with Gasteiger partial charge in [-0.15, -0.1) is 0 Å². The normalized spacial score (nSPS) is 13.5. The molecule has 4 heteroatoms. The van der Waals surface area contributed by atoms with Crippen LogP contribution < -0.4 is 15.8 Å². The topological polar surface area (TPSA) is 47.3 Å². The van der Waals surface area contributed by atoms with Gasteiger partial charge < -0.3 is 15.8 Å². The third-order valence-corrected chi connectivity index (χ3v) is 3.73. The molecule has 1 atom stereocenters. The van der Waals surface area contributed by atoms with Gasteiger partial charge in [-0.25, -0.2) is 0 Å². The van der Waals surface area contributed by atoms with Crippen molar-refractivity contribution in [3.8, 4) is 5.75 Å². The third-order valence-electron chi connectivity index (χ3n) is 3.47. The van der Waals surface area contributed by atoms with Crippen LogP contribution in [-0.4, -0.2) is 19.2 Å². The standard InChI is InChI=1S/C17H21ClN2O/c1-17(12-19,11-13-6-8-14(18)9-7-13)20-15-4-3-5-16(10-15)21-2/h3-10,20H,11-12,19H2,1-2H3. The van der Waals surface area contributed by atoms with Crippen LogP contribution in [0.1, 0.15) is 12.5 Å². The lowest BCUT2D eigenvalue weighted by Gasteiger charge is -2.31. The van der Waals surface area contributed by atoms with Crippen LogP contribution >= 0.6 is 11.6 Å². The zero-order valence-electron chi connectivity index (χ0n) is 12.4. The lowest BCUT2D eigenvalue weighted by molar-refractivity contribution is 0.414. The van der Waals surface area contributed by atoms with Gasteiger partial charge in [-0.3, -0.25) is 0 Å². The van der Waals surface area contributed by atoms with Gasteiger partial charge in [0.05, 0.1) is 12.6 Å². The number of nitrogens with one attached hydrogen (secondary N) is 1. The van der Waals surface area contributed by atoms with E-state index in [1.807, 2.05) is 48.5 Å². The van der Waals surface area contributed by atoms with Crippen molar-refractivity contribution in [3.05, 3.63) is 59.1 Å². The van der Waals surface area contributed by atoms with Crippen LogP contribution in [0.4, 0.5) is 5.69 Å². The van der Waals surface area contributed by atoms with Crippen molar-refractivity contribution in [3.63, 3.8) is 0 Å². The molecule has 0 saturated carbocycles. The van der Waals surface area contributed by atoms with Crippen LogP contribution in [0.5, 0.6) is 5.75 Å². The molecule has 0 aliphatic rings. The zero-order valence-corrected chi connectivity index (χ0v) is 13.2. The second kappa shape index (κ2) is 6.83. The second-order valence-corrected chi connectivity index (χ2v) is 5.86. The molecule has 3 nitrogen and oxygen atoms in total. The molecule has 0 saturated heterocycles. The SMILES string of the molecule is COc1cccc(NC(C)(CN)Cc2ccc(Cl)cc2)c1. The average molecular weight is 305 g/mol. The van der Waals surface area contributed by atoms with Crippen LogP contribution in [-0.2, 0) is 6.42 Å². The van der Waals surface area contributed by atoms with Gasteiger partial charge in [-0.05, 0) is 43.2 Å². The Kier molecular flexibility index (Phi) is 5.10. The molecular weight excluding hydrogens is 284 g/mol. The minimum absolute atomic E-state index is 0.236. The number of hydrogen-bond acceptors (Lipinski definition) is 3. The highest BCUT2D eigenvalue weighted by Crippen LogP contribution is 2.23. The molecule has 0 fully saturated rings. The molecule has 0 bridgehead atoms. The Morgan fingerprint density at radius 3 is 2.52 bits per heavy atom. The Labute approximate surface area is 131 Å². The number of methoxy groups -OCH3 is 1. The Bertz CT molecular complexity index is 586. The highest BCUT2D eigenvalue weighted by Gasteiger charge is 2.22. The van der Waals surface area contributed by atoms with Crippen LogP contribution in [0.3, 0.4) is 0 Å². The van der Waals surface area contributed by atoms with Crippen LogP contribution in [0.2, 0.25) is 5.02 Å². The minimum atomic E-state index is -0.236. The van der Waals surface area contributed by atoms with Gasteiger partial charge in [0, 0.05) is 23.3 Å². The molecule has 0 heterocycles. The predicted molar refractivity (Wildman–Crippen MR) is 89.2 cm³/mol.